The zero-order valence-corrected chi connectivity index (χ0v) is 18.1. The first kappa shape index (κ1) is 23.0. The number of halogens is 3. The number of aromatic nitrogens is 1. The van der Waals surface area contributed by atoms with Crippen molar-refractivity contribution in [2.75, 3.05) is 38.1 Å². The van der Waals surface area contributed by atoms with Gasteiger partial charge in [-0.05, 0) is 56.3 Å². The lowest BCUT2D eigenvalue weighted by Crippen LogP contribution is -2.49. The number of pyridine rings is 1. The number of nitrogens with one attached hydrogen (secondary N) is 1. The highest BCUT2D eigenvalue weighted by Crippen LogP contribution is 2.29. The van der Waals surface area contributed by atoms with Crippen LogP contribution in [0.15, 0.2) is 35.4 Å². The van der Waals surface area contributed by atoms with Crippen LogP contribution in [0.4, 0.5) is 19.0 Å². The summed E-state index contributed by atoms with van der Waals surface area (Å²) in [5.41, 5.74) is 0.724. The van der Waals surface area contributed by atoms with Gasteiger partial charge < -0.3 is 9.80 Å². The molecule has 0 aliphatic carbocycles. The lowest BCUT2D eigenvalue weighted by Gasteiger charge is -2.35. The summed E-state index contributed by atoms with van der Waals surface area (Å²) in [6.45, 7) is 4.90. The van der Waals surface area contributed by atoms with E-state index in [9.17, 15) is 26.4 Å². The minimum Gasteiger partial charge on any atom is -0.353 e. The molecule has 1 aromatic carbocycles. The average Bonchev–Trinajstić information content (AvgIpc) is 2.74. The summed E-state index contributed by atoms with van der Waals surface area (Å²) < 4.78 is 65.0. The summed E-state index contributed by atoms with van der Waals surface area (Å²) in [6, 6.07) is 5.34. The Morgan fingerprint density at radius 3 is 2.26 bits per heavy atom. The third kappa shape index (κ3) is 4.82. The Hall–Kier alpha value is -2.66. The molecule has 1 aliphatic rings. The first-order valence-electron chi connectivity index (χ1n) is 9.56. The van der Waals surface area contributed by atoms with Crippen LogP contribution < -0.4 is 9.62 Å². The Balaban J connectivity index is 1.74. The van der Waals surface area contributed by atoms with Crippen molar-refractivity contribution in [2.45, 2.75) is 24.9 Å². The second-order valence-electron chi connectivity index (χ2n) is 7.31. The van der Waals surface area contributed by atoms with Crippen LogP contribution in [0.3, 0.4) is 0 Å². The highest BCUT2D eigenvalue weighted by Gasteiger charge is 2.31. The van der Waals surface area contributed by atoms with Gasteiger partial charge in [-0.15, -0.1) is 0 Å². The molecule has 1 amide bonds. The average molecular weight is 456 g/mol. The number of carbonyl (C=O) groups excluding carboxylic acids is 1. The van der Waals surface area contributed by atoms with E-state index in [-0.39, 0.29) is 16.4 Å². The maximum atomic E-state index is 13.0. The zero-order valence-electron chi connectivity index (χ0n) is 17.3. The SMILES string of the molecule is CNS(=O)(=O)c1cc(C(=O)N2CCN(c3ccc(C(F)(F)F)cn3)CC2)cc(C)c1C. The maximum absolute atomic E-state index is 13.0. The molecular weight excluding hydrogens is 433 g/mol. The number of aryl methyl sites for hydroxylation is 1. The van der Waals surface area contributed by atoms with Crippen molar-refractivity contribution >= 4 is 21.7 Å². The van der Waals surface area contributed by atoms with Crippen LogP contribution in [0.25, 0.3) is 0 Å². The molecule has 2 aromatic rings. The second kappa shape index (κ2) is 8.46. The Morgan fingerprint density at radius 2 is 1.74 bits per heavy atom. The van der Waals surface area contributed by atoms with Gasteiger partial charge in [0.1, 0.15) is 5.82 Å². The van der Waals surface area contributed by atoms with Crippen molar-refractivity contribution in [2.24, 2.45) is 0 Å². The molecule has 31 heavy (non-hydrogen) atoms. The summed E-state index contributed by atoms with van der Waals surface area (Å²) in [7, 11) is -2.40. The van der Waals surface area contributed by atoms with Crippen LogP contribution in [0.5, 0.6) is 0 Å². The van der Waals surface area contributed by atoms with Crippen LogP contribution in [-0.2, 0) is 16.2 Å². The van der Waals surface area contributed by atoms with Crippen LogP contribution in [-0.4, -0.2) is 57.4 Å². The van der Waals surface area contributed by atoms with E-state index in [1.807, 2.05) is 0 Å². The van der Waals surface area contributed by atoms with E-state index in [1.165, 1.54) is 19.2 Å². The van der Waals surface area contributed by atoms with E-state index < -0.39 is 21.8 Å². The van der Waals surface area contributed by atoms with E-state index in [0.29, 0.717) is 43.1 Å². The first-order chi connectivity index (χ1) is 14.4. The molecule has 3 rings (SSSR count). The van der Waals surface area contributed by atoms with E-state index >= 15 is 0 Å². The number of amides is 1. The van der Waals surface area contributed by atoms with Crippen molar-refractivity contribution < 1.29 is 26.4 Å². The Bertz CT molecular complexity index is 1080. The van der Waals surface area contributed by atoms with Crippen molar-refractivity contribution in [3.05, 3.63) is 52.7 Å². The van der Waals surface area contributed by atoms with Crippen molar-refractivity contribution in [3.8, 4) is 0 Å². The number of anilines is 1. The maximum Gasteiger partial charge on any atom is 0.417 e. The smallest absolute Gasteiger partial charge is 0.353 e. The predicted molar refractivity (Wildman–Crippen MR) is 110 cm³/mol. The Labute approximate surface area is 178 Å². The number of benzene rings is 1. The molecule has 0 bridgehead atoms. The topological polar surface area (TPSA) is 82.6 Å². The highest BCUT2D eigenvalue weighted by molar-refractivity contribution is 7.89. The largest absolute Gasteiger partial charge is 0.417 e. The van der Waals surface area contributed by atoms with Gasteiger partial charge in [0.05, 0.1) is 10.5 Å². The van der Waals surface area contributed by atoms with Crippen molar-refractivity contribution in [1.29, 1.82) is 0 Å². The summed E-state index contributed by atoms with van der Waals surface area (Å²) in [5, 5.41) is 0. The lowest BCUT2D eigenvalue weighted by atomic mass is 10.0. The monoisotopic (exact) mass is 456 g/mol. The van der Waals surface area contributed by atoms with Gasteiger partial charge in [-0.1, -0.05) is 0 Å². The van der Waals surface area contributed by atoms with Crippen LogP contribution in [0, 0.1) is 13.8 Å². The van der Waals surface area contributed by atoms with Crippen LogP contribution in [0.2, 0.25) is 0 Å². The fraction of sp³-hybridized carbons (Fsp3) is 0.400. The molecule has 1 aliphatic heterocycles. The number of rotatable bonds is 4. The number of hydrogen-bond acceptors (Lipinski definition) is 5. The summed E-state index contributed by atoms with van der Waals surface area (Å²) in [4.78, 5) is 20.3. The molecular formula is C20H23F3N4O3S. The van der Waals surface area contributed by atoms with Crippen molar-refractivity contribution in [3.63, 3.8) is 0 Å². The summed E-state index contributed by atoms with van der Waals surface area (Å²) in [5.74, 6) is 0.115. The molecule has 0 atom stereocenters. The van der Waals surface area contributed by atoms with Gasteiger partial charge in [-0.3, -0.25) is 4.79 Å². The van der Waals surface area contributed by atoms with Crippen molar-refractivity contribution in [1.82, 2.24) is 14.6 Å². The van der Waals surface area contributed by atoms with Gasteiger partial charge in [0.2, 0.25) is 10.0 Å². The zero-order chi connectivity index (χ0) is 23.0. The highest BCUT2D eigenvalue weighted by atomic mass is 32.2. The quantitative estimate of drug-likeness (QED) is 0.765. The number of piperazine rings is 1. The third-order valence-corrected chi connectivity index (χ3v) is 6.93. The van der Waals surface area contributed by atoms with Gasteiger partial charge in [0, 0.05) is 37.9 Å². The molecule has 1 saturated heterocycles. The predicted octanol–water partition coefficient (Wildman–Crippen LogP) is 2.59. The number of alkyl halides is 3. The van der Waals surface area contributed by atoms with E-state index in [2.05, 4.69) is 9.71 Å². The fourth-order valence-electron chi connectivity index (χ4n) is 3.40. The molecule has 0 unspecified atom stereocenters. The number of hydrogen-bond donors (Lipinski definition) is 1. The number of nitrogens with zero attached hydrogens (tertiary/aromatic N) is 3. The molecule has 0 radical (unpaired) electrons. The van der Waals surface area contributed by atoms with Crippen LogP contribution >= 0.6 is 0 Å². The molecule has 0 spiro atoms. The molecule has 1 N–H and O–H groups in total. The van der Waals surface area contributed by atoms with E-state index in [0.717, 1.165) is 12.3 Å². The molecule has 168 valence electrons. The number of sulfonamides is 1. The van der Waals surface area contributed by atoms with E-state index in [4.69, 9.17) is 0 Å². The molecule has 1 fully saturated rings. The van der Waals surface area contributed by atoms with Gasteiger partial charge in [0.25, 0.3) is 5.91 Å². The minimum atomic E-state index is -4.44. The second-order valence-corrected chi connectivity index (χ2v) is 9.16. The minimum absolute atomic E-state index is 0.0611. The molecule has 2 heterocycles. The van der Waals surface area contributed by atoms with Gasteiger partial charge in [-0.25, -0.2) is 18.1 Å². The van der Waals surface area contributed by atoms with Gasteiger partial charge in [0.15, 0.2) is 0 Å². The molecule has 0 saturated carbocycles. The third-order valence-electron chi connectivity index (χ3n) is 5.39. The fourth-order valence-corrected chi connectivity index (χ4v) is 4.47. The summed E-state index contributed by atoms with van der Waals surface area (Å²) >= 11 is 0. The normalized spacial score (nSPS) is 15.3. The Kier molecular flexibility index (Phi) is 6.28. The number of carbonyl (C=O) groups is 1. The molecule has 7 nitrogen and oxygen atoms in total. The Morgan fingerprint density at radius 1 is 1.10 bits per heavy atom. The standard InChI is InChI=1S/C20H23F3N4O3S/c1-13-10-15(11-17(14(13)2)31(29,30)24-3)19(28)27-8-6-26(7-9-27)18-5-4-16(12-25-18)20(21,22)23/h4-5,10-12,24H,6-9H2,1-3H3. The van der Waals surface area contributed by atoms with Crippen LogP contribution in [0.1, 0.15) is 27.0 Å². The summed E-state index contributed by atoms with van der Waals surface area (Å²) in [6.07, 6.45) is -3.64. The molecule has 11 heteroatoms. The van der Waals surface area contributed by atoms with Gasteiger partial charge in [-0.2, -0.15) is 13.2 Å². The first-order valence-corrected chi connectivity index (χ1v) is 11.0. The molecule has 1 aromatic heterocycles. The lowest BCUT2D eigenvalue weighted by molar-refractivity contribution is -0.137. The van der Waals surface area contributed by atoms with Gasteiger partial charge >= 0.3 is 6.18 Å². The van der Waals surface area contributed by atoms with E-state index in [1.54, 1.807) is 29.7 Å².